The van der Waals surface area contributed by atoms with Crippen LogP contribution in [0.2, 0.25) is 0 Å². The van der Waals surface area contributed by atoms with Gasteiger partial charge < -0.3 is 25.5 Å². The Hall–Kier alpha value is -2.86. The van der Waals surface area contributed by atoms with Crippen molar-refractivity contribution in [1.29, 1.82) is 0 Å². The van der Waals surface area contributed by atoms with Crippen molar-refractivity contribution in [1.82, 2.24) is 5.32 Å². The number of terminal acetylenes is 1. The highest BCUT2D eigenvalue weighted by Gasteiger charge is 2.63. The first-order valence-electron chi connectivity index (χ1n) is 12.8. The zero-order valence-electron chi connectivity index (χ0n) is 21.0. The van der Waals surface area contributed by atoms with Crippen LogP contribution in [0.15, 0.2) is 16.8 Å². The van der Waals surface area contributed by atoms with Crippen LogP contribution < -0.4 is 5.32 Å². The lowest BCUT2D eigenvalue weighted by atomic mass is 9.46. The molecule has 3 fully saturated rings. The van der Waals surface area contributed by atoms with Crippen molar-refractivity contribution in [2.75, 3.05) is 6.61 Å². The molecule has 0 bridgehead atoms. The number of hydrogen-bond donors (Lipinski definition) is 4. The summed E-state index contributed by atoms with van der Waals surface area (Å²) in [7, 11) is 0. The Labute approximate surface area is 211 Å². The number of nitrogens with zero attached hydrogens (tertiary/aromatic N) is 1. The molecule has 0 saturated heterocycles. The van der Waals surface area contributed by atoms with Crippen LogP contribution in [0.4, 0.5) is 0 Å². The number of fused-ring (bicyclic) bond motifs is 5. The Kier molecular flexibility index (Phi) is 6.95. The van der Waals surface area contributed by atoms with Gasteiger partial charge in [0.25, 0.3) is 5.91 Å². The molecule has 0 heterocycles. The first-order chi connectivity index (χ1) is 16.9. The SMILES string of the molecule is C#C[C@@]1(O)CC[C@@H]2[C@@H]3CCC4=C/C(=N\OCC(=O)N[C@@H](CC(=O)O)C(=O)O)CC[C@]4(C)[C@@H]3CC[C@@]21C. The minimum Gasteiger partial charge on any atom is -0.481 e. The minimum absolute atomic E-state index is 0.0586. The van der Waals surface area contributed by atoms with Crippen molar-refractivity contribution < 1.29 is 34.5 Å². The van der Waals surface area contributed by atoms with Gasteiger partial charge in [-0.2, -0.15) is 0 Å². The van der Waals surface area contributed by atoms with Gasteiger partial charge in [-0.3, -0.25) is 9.59 Å². The number of carbonyl (C=O) groups is 3. The summed E-state index contributed by atoms with van der Waals surface area (Å²) in [5, 5.41) is 35.2. The van der Waals surface area contributed by atoms with Crippen molar-refractivity contribution in [2.45, 2.75) is 83.3 Å². The van der Waals surface area contributed by atoms with E-state index in [4.69, 9.17) is 21.5 Å². The number of carboxylic acids is 2. The van der Waals surface area contributed by atoms with Gasteiger partial charge in [-0.05, 0) is 80.6 Å². The van der Waals surface area contributed by atoms with Crippen LogP contribution in [0, 0.1) is 40.9 Å². The quantitative estimate of drug-likeness (QED) is 0.311. The molecule has 3 saturated carbocycles. The van der Waals surface area contributed by atoms with E-state index in [2.05, 4.69) is 36.3 Å². The molecule has 4 aliphatic carbocycles. The van der Waals surface area contributed by atoms with Gasteiger partial charge in [-0.1, -0.05) is 30.5 Å². The third-order valence-corrected chi connectivity index (χ3v) is 9.76. The van der Waals surface area contributed by atoms with E-state index >= 15 is 0 Å². The highest BCUT2D eigenvalue weighted by Crippen LogP contribution is 2.67. The molecule has 4 rings (SSSR count). The summed E-state index contributed by atoms with van der Waals surface area (Å²) in [6.45, 7) is 4.05. The van der Waals surface area contributed by atoms with E-state index < -0.39 is 42.5 Å². The molecule has 36 heavy (non-hydrogen) atoms. The molecule has 9 nitrogen and oxygen atoms in total. The Balaban J connectivity index is 1.40. The Morgan fingerprint density at radius 1 is 1.17 bits per heavy atom. The van der Waals surface area contributed by atoms with E-state index in [9.17, 15) is 19.5 Å². The third-order valence-electron chi connectivity index (χ3n) is 9.76. The highest BCUT2D eigenvalue weighted by molar-refractivity contribution is 5.96. The number of carbonyl (C=O) groups excluding carboxylic acids is 1. The fourth-order valence-corrected chi connectivity index (χ4v) is 7.68. The van der Waals surface area contributed by atoms with Crippen molar-refractivity contribution in [2.24, 2.45) is 33.7 Å². The number of nitrogens with one attached hydrogen (secondary N) is 1. The van der Waals surface area contributed by atoms with Crippen LogP contribution in [0.25, 0.3) is 0 Å². The van der Waals surface area contributed by atoms with Crippen molar-refractivity contribution in [3.05, 3.63) is 11.6 Å². The topological polar surface area (TPSA) is 146 Å². The Bertz CT molecular complexity index is 1050. The van der Waals surface area contributed by atoms with Crippen molar-refractivity contribution in [3.63, 3.8) is 0 Å². The van der Waals surface area contributed by atoms with Crippen LogP contribution in [-0.2, 0) is 19.2 Å². The lowest BCUT2D eigenvalue weighted by Gasteiger charge is -2.58. The predicted octanol–water partition coefficient (Wildman–Crippen LogP) is 2.73. The van der Waals surface area contributed by atoms with Gasteiger partial charge in [-0.15, -0.1) is 6.42 Å². The molecule has 0 aromatic carbocycles. The summed E-state index contributed by atoms with van der Waals surface area (Å²) >= 11 is 0. The normalized spacial score (nSPS) is 39.0. The molecular weight excluding hydrogens is 464 g/mol. The summed E-state index contributed by atoms with van der Waals surface area (Å²) in [6, 6.07) is -1.52. The second-order valence-electron chi connectivity index (χ2n) is 11.4. The number of hydrogen-bond acceptors (Lipinski definition) is 6. The molecule has 0 radical (unpaired) electrons. The second kappa shape index (κ2) is 9.55. The number of aliphatic carboxylic acids is 2. The molecule has 0 aromatic rings. The molecule has 1 amide bonds. The smallest absolute Gasteiger partial charge is 0.326 e. The monoisotopic (exact) mass is 500 g/mol. The van der Waals surface area contributed by atoms with Crippen LogP contribution in [0.3, 0.4) is 0 Å². The molecule has 4 N–H and O–H groups in total. The third kappa shape index (κ3) is 4.40. The van der Waals surface area contributed by atoms with Crippen LogP contribution in [0.5, 0.6) is 0 Å². The lowest BCUT2D eigenvalue weighted by molar-refractivity contribution is -0.147. The van der Waals surface area contributed by atoms with E-state index in [1.807, 2.05) is 0 Å². The summed E-state index contributed by atoms with van der Waals surface area (Å²) in [5.74, 6) is 0.754. The number of rotatable bonds is 7. The summed E-state index contributed by atoms with van der Waals surface area (Å²) in [4.78, 5) is 39.1. The molecule has 4 aliphatic rings. The zero-order chi connectivity index (χ0) is 26.3. The first-order valence-corrected chi connectivity index (χ1v) is 12.8. The van der Waals surface area contributed by atoms with Crippen LogP contribution in [0.1, 0.15) is 71.6 Å². The maximum absolute atomic E-state index is 12.0. The predicted molar refractivity (Wildman–Crippen MR) is 131 cm³/mol. The molecule has 9 heteroatoms. The molecule has 0 aromatic heterocycles. The average Bonchev–Trinajstić information content (AvgIpc) is 3.09. The van der Waals surface area contributed by atoms with Crippen molar-refractivity contribution in [3.8, 4) is 12.3 Å². The summed E-state index contributed by atoms with van der Waals surface area (Å²) < 4.78 is 0. The fraction of sp³-hybridized carbons (Fsp3) is 0.704. The van der Waals surface area contributed by atoms with Gasteiger partial charge in [0.05, 0.1) is 12.1 Å². The lowest BCUT2D eigenvalue weighted by Crippen LogP contribution is -2.54. The fourth-order valence-electron chi connectivity index (χ4n) is 7.68. The van der Waals surface area contributed by atoms with Gasteiger partial charge >= 0.3 is 11.9 Å². The zero-order valence-corrected chi connectivity index (χ0v) is 21.0. The number of allylic oxidation sites excluding steroid dienone is 2. The van der Waals surface area contributed by atoms with Gasteiger partial charge in [0.1, 0.15) is 11.6 Å². The van der Waals surface area contributed by atoms with Gasteiger partial charge in [-0.25, -0.2) is 4.79 Å². The minimum atomic E-state index is -1.52. The molecular formula is C27H36N2O7. The van der Waals surface area contributed by atoms with Gasteiger partial charge in [0.2, 0.25) is 0 Å². The Morgan fingerprint density at radius 2 is 1.89 bits per heavy atom. The van der Waals surface area contributed by atoms with E-state index in [-0.39, 0.29) is 10.8 Å². The van der Waals surface area contributed by atoms with Crippen LogP contribution >= 0.6 is 0 Å². The van der Waals surface area contributed by atoms with E-state index in [0.29, 0.717) is 30.6 Å². The standard InChI is InChI=1S/C27H36N2O7/c1-4-27(35)12-9-20-18-6-5-16-13-17(7-10-25(16,2)19(18)8-11-26(20,27)3)29-36-15-22(30)28-21(24(33)34)14-23(31)32/h1,13,18-21,35H,5-12,14-15H2,2-3H3,(H,28,30)(H,31,32)(H,33,34)/b29-17-/t18-,19-,20-,21+,25+,26+,27-/m1/s1. The molecule has 7 atom stereocenters. The van der Waals surface area contributed by atoms with E-state index in [1.54, 1.807) is 0 Å². The number of aliphatic hydroxyl groups is 1. The molecule has 196 valence electrons. The summed E-state index contributed by atoms with van der Waals surface area (Å²) in [6.07, 6.45) is 14.4. The van der Waals surface area contributed by atoms with E-state index in [1.165, 1.54) is 5.57 Å². The first kappa shape index (κ1) is 26.2. The Morgan fingerprint density at radius 3 is 2.56 bits per heavy atom. The number of oxime groups is 1. The molecule has 0 aliphatic heterocycles. The number of carboxylic acid groups (broad SMARTS) is 2. The van der Waals surface area contributed by atoms with Gasteiger partial charge in [0, 0.05) is 5.41 Å². The van der Waals surface area contributed by atoms with Gasteiger partial charge in [0.15, 0.2) is 6.61 Å². The van der Waals surface area contributed by atoms with E-state index in [0.717, 1.165) is 44.2 Å². The van der Waals surface area contributed by atoms with Crippen molar-refractivity contribution >= 4 is 23.6 Å². The highest BCUT2D eigenvalue weighted by atomic mass is 16.6. The average molecular weight is 501 g/mol. The maximum Gasteiger partial charge on any atom is 0.326 e. The largest absolute Gasteiger partial charge is 0.481 e. The maximum atomic E-state index is 12.0. The van der Waals surface area contributed by atoms with Crippen LogP contribution in [-0.4, -0.2) is 57.1 Å². The molecule has 0 unspecified atom stereocenters. The number of amides is 1. The second-order valence-corrected chi connectivity index (χ2v) is 11.4. The molecule has 0 spiro atoms. The summed E-state index contributed by atoms with van der Waals surface area (Å²) in [5.41, 5.74) is 0.928.